The third-order valence-electron chi connectivity index (χ3n) is 18.6. The lowest BCUT2D eigenvalue weighted by Crippen LogP contribution is -2.30. The summed E-state index contributed by atoms with van der Waals surface area (Å²) in [6.45, 7) is 7.27. The van der Waals surface area contributed by atoms with Crippen LogP contribution in [0.3, 0.4) is 0 Å². The number of hydrogen-bond donors (Lipinski definition) is 3. The molecule has 19 heteroatoms. The van der Waals surface area contributed by atoms with Gasteiger partial charge in [-0.15, -0.1) is 0 Å². The van der Waals surface area contributed by atoms with Crippen molar-refractivity contribution in [2.24, 2.45) is 5.92 Å². The minimum atomic E-state index is -4.96. The van der Waals surface area contributed by atoms with Crippen LogP contribution in [0.4, 0.5) is 0 Å². The highest BCUT2D eigenvalue weighted by Gasteiger charge is 2.30. The van der Waals surface area contributed by atoms with E-state index in [9.17, 15) is 43.2 Å². The van der Waals surface area contributed by atoms with E-state index in [0.717, 1.165) is 102 Å². The number of phosphoric ester groups is 2. The molecule has 0 rings (SSSR count). The Labute approximate surface area is 594 Å². The minimum absolute atomic E-state index is 0.107. The van der Waals surface area contributed by atoms with Crippen LogP contribution in [-0.4, -0.2) is 96.7 Å². The SMILES string of the molecule is CCCCCCCCCCCCCCCCCCCCCCC(=O)O[C@H](COC(=O)CCCCCCCCCCCCCCCC)COP(=O)(O)OC[C@@H](O)COP(=O)(O)OC[C@@H](COC(=O)CCCCCCCCC(C)CC)OC(=O)CCCCCCCCCCCCCCC. The Morgan fingerprint density at radius 3 is 0.732 bits per heavy atom. The maximum absolute atomic E-state index is 13.1. The van der Waals surface area contributed by atoms with Crippen molar-refractivity contribution >= 4 is 39.5 Å². The molecule has 0 aliphatic heterocycles. The summed E-state index contributed by atoms with van der Waals surface area (Å²) in [4.78, 5) is 72.9. The molecule has 0 heterocycles. The van der Waals surface area contributed by atoms with Gasteiger partial charge in [-0.3, -0.25) is 37.3 Å². The summed E-state index contributed by atoms with van der Waals surface area (Å²) in [5, 5.41) is 10.6. The molecule has 0 radical (unpaired) electrons. The summed E-state index contributed by atoms with van der Waals surface area (Å²) in [5.41, 5.74) is 0. The molecule has 0 saturated carbocycles. The van der Waals surface area contributed by atoms with Gasteiger partial charge in [-0.1, -0.05) is 362 Å². The number of carbonyl (C=O) groups is 4. The van der Waals surface area contributed by atoms with E-state index in [2.05, 4.69) is 34.6 Å². The van der Waals surface area contributed by atoms with Crippen LogP contribution in [0.2, 0.25) is 0 Å². The first-order chi connectivity index (χ1) is 47.1. The van der Waals surface area contributed by atoms with E-state index in [-0.39, 0.29) is 25.7 Å². The van der Waals surface area contributed by atoms with Gasteiger partial charge >= 0.3 is 39.5 Å². The van der Waals surface area contributed by atoms with Gasteiger partial charge in [0.15, 0.2) is 12.2 Å². The van der Waals surface area contributed by atoms with Crippen molar-refractivity contribution in [1.29, 1.82) is 0 Å². The molecule has 0 bridgehead atoms. The van der Waals surface area contributed by atoms with E-state index in [1.807, 2.05) is 0 Å². The van der Waals surface area contributed by atoms with Gasteiger partial charge in [0.2, 0.25) is 0 Å². The van der Waals surface area contributed by atoms with Crippen LogP contribution in [-0.2, 0) is 65.4 Å². The maximum atomic E-state index is 13.1. The molecule has 0 amide bonds. The van der Waals surface area contributed by atoms with Gasteiger partial charge in [0.25, 0.3) is 0 Å². The first-order valence-electron chi connectivity index (χ1n) is 40.7. The highest BCUT2D eigenvalue weighted by molar-refractivity contribution is 7.47. The van der Waals surface area contributed by atoms with Gasteiger partial charge in [-0.05, 0) is 31.6 Å². The van der Waals surface area contributed by atoms with Crippen LogP contribution >= 0.6 is 15.6 Å². The molecular weight excluding hydrogens is 1270 g/mol. The van der Waals surface area contributed by atoms with E-state index in [0.29, 0.717) is 25.7 Å². The molecule has 97 heavy (non-hydrogen) atoms. The van der Waals surface area contributed by atoms with Gasteiger partial charge < -0.3 is 33.8 Å². The van der Waals surface area contributed by atoms with Crippen molar-refractivity contribution in [2.75, 3.05) is 39.6 Å². The quantitative estimate of drug-likeness (QED) is 0.0222. The molecule has 0 aliphatic carbocycles. The van der Waals surface area contributed by atoms with Crippen molar-refractivity contribution in [3.05, 3.63) is 0 Å². The molecule has 6 atom stereocenters. The Balaban J connectivity index is 5.22. The number of esters is 4. The largest absolute Gasteiger partial charge is 0.472 e. The molecule has 576 valence electrons. The third kappa shape index (κ3) is 70.9. The van der Waals surface area contributed by atoms with Gasteiger partial charge in [-0.25, -0.2) is 9.13 Å². The molecule has 3 unspecified atom stereocenters. The number of unbranched alkanes of at least 4 members (excludes halogenated alkanes) is 49. The molecule has 0 aromatic heterocycles. The first-order valence-corrected chi connectivity index (χ1v) is 43.7. The van der Waals surface area contributed by atoms with E-state index >= 15 is 0 Å². The van der Waals surface area contributed by atoms with E-state index in [1.165, 1.54) is 231 Å². The minimum Gasteiger partial charge on any atom is -0.462 e. The highest BCUT2D eigenvalue weighted by Crippen LogP contribution is 2.45. The van der Waals surface area contributed by atoms with Gasteiger partial charge in [0.05, 0.1) is 26.4 Å². The van der Waals surface area contributed by atoms with E-state index < -0.39 is 97.5 Å². The fourth-order valence-electron chi connectivity index (χ4n) is 12.0. The standard InChI is InChI=1S/C78H152O17P2/c1-6-10-13-16-19-22-25-28-30-31-32-33-34-35-38-41-44-47-54-59-64-77(82)94-73(67-88-75(80)61-56-51-45-42-39-37-29-26-23-20-17-14-11-7-2)69-92-96(84,85)90-65-72(79)66-91-97(86,87)93-70-74(68-89-76(81)62-57-52-49-48-50-55-60-71(5)9-4)95-78(83)63-58-53-46-43-40-36-27-24-21-18-15-12-8-3/h71-74,79H,6-70H2,1-5H3,(H,84,85)(H,86,87)/t71?,72-,73-,74-/m1/s1. The Hall–Kier alpha value is -1.94. The lowest BCUT2D eigenvalue weighted by Gasteiger charge is -2.21. The van der Waals surface area contributed by atoms with Crippen molar-refractivity contribution in [3.63, 3.8) is 0 Å². The van der Waals surface area contributed by atoms with Crippen LogP contribution in [0, 0.1) is 5.92 Å². The Morgan fingerprint density at radius 1 is 0.289 bits per heavy atom. The topological polar surface area (TPSA) is 237 Å². The smallest absolute Gasteiger partial charge is 0.462 e. The summed E-state index contributed by atoms with van der Waals surface area (Å²) >= 11 is 0. The van der Waals surface area contributed by atoms with Crippen molar-refractivity contribution in [3.8, 4) is 0 Å². The zero-order valence-corrected chi connectivity index (χ0v) is 65.0. The molecule has 0 fully saturated rings. The average molecular weight is 1420 g/mol. The lowest BCUT2D eigenvalue weighted by atomic mass is 10.00. The molecular formula is C78H152O17P2. The fourth-order valence-corrected chi connectivity index (χ4v) is 13.6. The molecule has 0 aromatic carbocycles. The number of hydrogen-bond acceptors (Lipinski definition) is 15. The number of aliphatic hydroxyl groups excluding tert-OH is 1. The molecule has 3 N–H and O–H groups in total. The van der Waals surface area contributed by atoms with Gasteiger partial charge in [-0.2, -0.15) is 0 Å². The number of carbonyl (C=O) groups excluding carboxylic acids is 4. The van der Waals surface area contributed by atoms with Crippen LogP contribution in [0.5, 0.6) is 0 Å². The zero-order valence-electron chi connectivity index (χ0n) is 63.2. The second-order valence-corrected chi connectivity index (χ2v) is 31.3. The van der Waals surface area contributed by atoms with E-state index in [1.54, 1.807) is 0 Å². The zero-order chi connectivity index (χ0) is 71.2. The monoisotopic (exact) mass is 1420 g/mol. The molecule has 17 nitrogen and oxygen atoms in total. The van der Waals surface area contributed by atoms with Crippen LogP contribution in [0.1, 0.15) is 413 Å². The first kappa shape index (κ1) is 95.1. The summed E-state index contributed by atoms with van der Waals surface area (Å²) in [6, 6.07) is 0. The highest BCUT2D eigenvalue weighted by atomic mass is 31.2. The normalized spacial score (nSPS) is 14.2. The van der Waals surface area contributed by atoms with Crippen LogP contribution < -0.4 is 0 Å². The summed E-state index contributed by atoms with van der Waals surface area (Å²) in [7, 11) is -9.91. The second kappa shape index (κ2) is 71.1. The Morgan fingerprint density at radius 2 is 0.495 bits per heavy atom. The summed E-state index contributed by atoms with van der Waals surface area (Å²) in [5.74, 6) is -1.38. The predicted octanol–water partition coefficient (Wildman–Crippen LogP) is 23.3. The Kier molecular flexibility index (Phi) is 69.6. The van der Waals surface area contributed by atoms with Crippen molar-refractivity contribution in [2.45, 2.75) is 432 Å². The fraction of sp³-hybridized carbons (Fsp3) is 0.949. The lowest BCUT2D eigenvalue weighted by molar-refractivity contribution is -0.161. The third-order valence-corrected chi connectivity index (χ3v) is 20.5. The van der Waals surface area contributed by atoms with Crippen LogP contribution in [0.25, 0.3) is 0 Å². The second-order valence-electron chi connectivity index (χ2n) is 28.3. The molecule has 0 spiro atoms. The predicted molar refractivity (Wildman–Crippen MR) is 395 cm³/mol. The maximum Gasteiger partial charge on any atom is 0.472 e. The summed E-state index contributed by atoms with van der Waals surface area (Å²) < 4.78 is 68.6. The number of ether oxygens (including phenoxy) is 4. The average Bonchev–Trinajstić information content (AvgIpc) is 1.73. The number of aliphatic hydroxyl groups is 1. The molecule has 0 saturated heterocycles. The molecule has 0 aliphatic rings. The van der Waals surface area contributed by atoms with Gasteiger partial charge in [0, 0.05) is 25.7 Å². The number of phosphoric acid groups is 2. The van der Waals surface area contributed by atoms with Gasteiger partial charge in [0.1, 0.15) is 19.3 Å². The van der Waals surface area contributed by atoms with Crippen LogP contribution in [0.15, 0.2) is 0 Å². The van der Waals surface area contributed by atoms with Crippen molar-refractivity contribution < 1.29 is 80.2 Å². The Bertz CT molecular complexity index is 1860. The number of rotatable bonds is 78. The summed E-state index contributed by atoms with van der Waals surface area (Å²) in [6.07, 6.45) is 61.0. The van der Waals surface area contributed by atoms with E-state index in [4.69, 9.17) is 37.0 Å². The van der Waals surface area contributed by atoms with Crippen molar-refractivity contribution in [1.82, 2.24) is 0 Å². The molecule has 0 aromatic rings.